The molecule has 0 saturated carbocycles. The van der Waals surface area contributed by atoms with E-state index < -0.39 is 0 Å². The Hall–Kier alpha value is -3.41. The maximum absolute atomic E-state index is 11.8. The van der Waals surface area contributed by atoms with Gasteiger partial charge in [0.1, 0.15) is 17.0 Å². The molecule has 0 radical (unpaired) electrons. The van der Waals surface area contributed by atoms with Gasteiger partial charge in [-0.3, -0.25) is 14.6 Å². The Bertz CT molecular complexity index is 921. The van der Waals surface area contributed by atoms with Crippen molar-refractivity contribution in [2.45, 2.75) is 6.42 Å². The molecule has 0 aliphatic carbocycles. The highest BCUT2D eigenvalue weighted by Crippen LogP contribution is 2.22. The van der Waals surface area contributed by atoms with Gasteiger partial charge in [-0.15, -0.1) is 0 Å². The minimum absolute atomic E-state index is 0.140. The third kappa shape index (κ3) is 5.04. The van der Waals surface area contributed by atoms with Gasteiger partial charge in [-0.05, 0) is 30.7 Å². The molecule has 0 saturated heterocycles. The van der Waals surface area contributed by atoms with E-state index in [4.69, 9.17) is 9.47 Å². The fourth-order valence-electron chi connectivity index (χ4n) is 2.58. The van der Waals surface area contributed by atoms with E-state index in [9.17, 15) is 9.59 Å². The van der Waals surface area contributed by atoms with Crippen LogP contribution in [0.15, 0.2) is 60.8 Å². The second-order valence-electron chi connectivity index (χ2n) is 5.83. The average Bonchev–Trinajstić information content (AvgIpc) is 2.72. The Morgan fingerprint density at radius 1 is 1.00 bits per heavy atom. The number of carbonyl (C=O) groups excluding carboxylic acids is 2. The van der Waals surface area contributed by atoms with Gasteiger partial charge in [0.2, 0.25) is 0 Å². The molecule has 0 aliphatic rings. The van der Waals surface area contributed by atoms with Crippen LogP contribution in [0.2, 0.25) is 0 Å². The maximum atomic E-state index is 11.8. The van der Waals surface area contributed by atoms with Gasteiger partial charge in [-0.2, -0.15) is 0 Å². The van der Waals surface area contributed by atoms with Crippen molar-refractivity contribution in [3.8, 4) is 11.5 Å². The number of aromatic nitrogens is 1. The zero-order chi connectivity index (χ0) is 18.9. The lowest BCUT2D eigenvalue weighted by Crippen LogP contribution is -2.30. The first-order valence-corrected chi connectivity index (χ1v) is 8.68. The molecular formula is C21H20N2O4. The summed E-state index contributed by atoms with van der Waals surface area (Å²) in [6.45, 7) is 0.791. The Morgan fingerprint density at radius 2 is 1.81 bits per heavy atom. The van der Waals surface area contributed by atoms with Crippen LogP contribution in [-0.2, 0) is 4.79 Å². The number of rotatable bonds is 9. The highest BCUT2D eigenvalue weighted by atomic mass is 16.5. The molecule has 0 fully saturated rings. The van der Waals surface area contributed by atoms with E-state index in [-0.39, 0.29) is 12.5 Å². The number of benzene rings is 2. The lowest BCUT2D eigenvalue weighted by atomic mass is 10.2. The van der Waals surface area contributed by atoms with Crippen LogP contribution in [0.25, 0.3) is 10.9 Å². The van der Waals surface area contributed by atoms with Gasteiger partial charge in [0.25, 0.3) is 5.91 Å². The normalized spacial score (nSPS) is 10.4. The van der Waals surface area contributed by atoms with Crippen LogP contribution in [0.3, 0.4) is 0 Å². The molecule has 1 aromatic heterocycles. The first kappa shape index (κ1) is 18.4. The first-order chi connectivity index (χ1) is 13.3. The Balaban J connectivity index is 1.38. The lowest BCUT2D eigenvalue weighted by Gasteiger charge is -2.10. The summed E-state index contributed by atoms with van der Waals surface area (Å²) in [4.78, 5) is 27.1. The van der Waals surface area contributed by atoms with Crippen LogP contribution in [0, 0.1) is 0 Å². The van der Waals surface area contributed by atoms with Gasteiger partial charge in [0.15, 0.2) is 12.9 Å². The number of hydrogen-bond donors (Lipinski definition) is 1. The standard InChI is InChI=1S/C21H20N2O4/c24-14-17-6-1-2-9-18(17)27-15-20(25)22-12-5-13-26-19-10-3-7-16-8-4-11-23-21(16)19/h1-4,6-11,14H,5,12-13,15H2,(H,22,25). The molecule has 3 aromatic rings. The van der Waals surface area contributed by atoms with E-state index in [0.29, 0.717) is 37.2 Å². The number of carbonyl (C=O) groups is 2. The van der Waals surface area contributed by atoms with Gasteiger partial charge in [-0.25, -0.2) is 0 Å². The number of amides is 1. The van der Waals surface area contributed by atoms with E-state index >= 15 is 0 Å². The number of ether oxygens (including phenoxy) is 2. The summed E-state index contributed by atoms with van der Waals surface area (Å²) in [7, 11) is 0. The zero-order valence-corrected chi connectivity index (χ0v) is 14.8. The van der Waals surface area contributed by atoms with Gasteiger partial charge in [0, 0.05) is 18.1 Å². The molecule has 6 heteroatoms. The second-order valence-corrected chi connectivity index (χ2v) is 5.83. The molecule has 6 nitrogen and oxygen atoms in total. The summed E-state index contributed by atoms with van der Waals surface area (Å²) >= 11 is 0. The molecule has 1 heterocycles. The van der Waals surface area contributed by atoms with Crippen molar-refractivity contribution in [1.29, 1.82) is 0 Å². The summed E-state index contributed by atoms with van der Waals surface area (Å²) in [5, 5.41) is 3.79. The van der Waals surface area contributed by atoms with Crippen LogP contribution >= 0.6 is 0 Å². The number of nitrogens with zero attached hydrogens (tertiary/aromatic N) is 1. The molecule has 0 aliphatic heterocycles. The third-order valence-corrected chi connectivity index (χ3v) is 3.90. The van der Waals surface area contributed by atoms with Crippen LogP contribution in [0.1, 0.15) is 16.8 Å². The maximum Gasteiger partial charge on any atom is 0.257 e. The largest absolute Gasteiger partial charge is 0.491 e. The van der Waals surface area contributed by atoms with Gasteiger partial charge in [-0.1, -0.05) is 30.3 Å². The summed E-state index contributed by atoms with van der Waals surface area (Å²) in [5.41, 5.74) is 1.24. The van der Waals surface area contributed by atoms with Crippen LogP contribution < -0.4 is 14.8 Å². The average molecular weight is 364 g/mol. The molecular weight excluding hydrogens is 344 g/mol. The van der Waals surface area contributed by atoms with Crippen molar-refractivity contribution in [3.63, 3.8) is 0 Å². The van der Waals surface area contributed by atoms with E-state index in [1.165, 1.54) is 0 Å². The molecule has 2 aromatic carbocycles. The van der Waals surface area contributed by atoms with Crippen molar-refractivity contribution in [2.75, 3.05) is 19.8 Å². The van der Waals surface area contributed by atoms with E-state index in [2.05, 4.69) is 10.3 Å². The third-order valence-electron chi connectivity index (χ3n) is 3.90. The van der Waals surface area contributed by atoms with Gasteiger partial charge >= 0.3 is 0 Å². The lowest BCUT2D eigenvalue weighted by molar-refractivity contribution is -0.123. The quantitative estimate of drug-likeness (QED) is 0.466. The predicted octanol–water partition coefficient (Wildman–Crippen LogP) is 3.01. The van der Waals surface area contributed by atoms with Crippen molar-refractivity contribution in [3.05, 3.63) is 66.4 Å². The summed E-state index contributed by atoms with van der Waals surface area (Å²) < 4.78 is 11.2. The van der Waals surface area contributed by atoms with Crippen molar-refractivity contribution < 1.29 is 19.1 Å². The fraction of sp³-hybridized carbons (Fsp3) is 0.190. The predicted molar refractivity (Wildman–Crippen MR) is 102 cm³/mol. The van der Waals surface area contributed by atoms with Gasteiger partial charge < -0.3 is 14.8 Å². The number of aldehydes is 1. The Morgan fingerprint density at radius 3 is 2.70 bits per heavy atom. The molecule has 27 heavy (non-hydrogen) atoms. The number of hydrogen-bond acceptors (Lipinski definition) is 5. The van der Waals surface area contributed by atoms with Crippen molar-refractivity contribution in [1.82, 2.24) is 10.3 Å². The minimum Gasteiger partial charge on any atom is -0.491 e. The molecule has 0 atom stereocenters. The van der Waals surface area contributed by atoms with E-state index in [1.54, 1.807) is 30.5 Å². The highest BCUT2D eigenvalue weighted by molar-refractivity contribution is 5.84. The molecule has 0 unspecified atom stereocenters. The number of pyridine rings is 1. The fourth-order valence-corrected chi connectivity index (χ4v) is 2.58. The van der Waals surface area contributed by atoms with Crippen LogP contribution in [-0.4, -0.2) is 36.9 Å². The van der Waals surface area contributed by atoms with Crippen LogP contribution in [0.5, 0.6) is 11.5 Å². The summed E-state index contributed by atoms with van der Waals surface area (Å²) in [6.07, 6.45) is 3.09. The molecule has 3 rings (SSSR count). The topological polar surface area (TPSA) is 77.5 Å². The van der Waals surface area contributed by atoms with Crippen LogP contribution in [0.4, 0.5) is 0 Å². The van der Waals surface area contributed by atoms with E-state index in [1.807, 2.05) is 30.3 Å². The van der Waals surface area contributed by atoms with Crippen molar-refractivity contribution in [2.24, 2.45) is 0 Å². The highest BCUT2D eigenvalue weighted by Gasteiger charge is 2.06. The first-order valence-electron chi connectivity index (χ1n) is 8.68. The molecule has 1 amide bonds. The number of nitrogens with one attached hydrogen (secondary N) is 1. The van der Waals surface area contributed by atoms with Crippen molar-refractivity contribution >= 4 is 23.1 Å². The summed E-state index contributed by atoms with van der Waals surface area (Å²) in [5.74, 6) is 0.880. The molecule has 138 valence electrons. The number of fused-ring (bicyclic) bond motifs is 1. The molecule has 0 bridgehead atoms. The Labute approximate surface area is 157 Å². The Kier molecular flexibility index (Phi) is 6.35. The molecule has 0 spiro atoms. The smallest absolute Gasteiger partial charge is 0.257 e. The zero-order valence-electron chi connectivity index (χ0n) is 14.8. The molecule has 1 N–H and O–H groups in total. The number of para-hydroxylation sites is 2. The SMILES string of the molecule is O=Cc1ccccc1OCC(=O)NCCCOc1cccc2cccnc12. The monoisotopic (exact) mass is 364 g/mol. The summed E-state index contributed by atoms with van der Waals surface area (Å²) in [6, 6.07) is 16.4. The van der Waals surface area contributed by atoms with E-state index in [0.717, 1.165) is 16.7 Å². The van der Waals surface area contributed by atoms with Gasteiger partial charge in [0.05, 0.1) is 12.2 Å². The minimum atomic E-state index is -0.248. The second kappa shape index (κ2) is 9.33.